The van der Waals surface area contributed by atoms with Gasteiger partial charge >= 0.3 is 12.0 Å². The lowest BCUT2D eigenvalue weighted by atomic mass is 10.1. The van der Waals surface area contributed by atoms with E-state index in [9.17, 15) is 9.59 Å². The molecule has 0 saturated carbocycles. The number of urea groups is 1. The summed E-state index contributed by atoms with van der Waals surface area (Å²) >= 11 is 0. The van der Waals surface area contributed by atoms with E-state index in [1.165, 1.54) is 0 Å². The Labute approximate surface area is 151 Å². The summed E-state index contributed by atoms with van der Waals surface area (Å²) in [6.45, 7) is 3.58. The Balaban J connectivity index is 1.79. The molecule has 6 nitrogen and oxygen atoms in total. The molecule has 0 unspecified atom stereocenters. The van der Waals surface area contributed by atoms with Crippen LogP contribution in [-0.2, 0) is 9.53 Å². The number of hydrogen-bond donors (Lipinski definition) is 3. The van der Waals surface area contributed by atoms with Crippen LogP contribution in [-0.4, -0.2) is 29.6 Å². The number of rotatable bonds is 5. The lowest BCUT2D eigenvalue weighted by molar-refractivity contribution is -0.144. The highest BCUT2D eigenvalue weighted by molar-refractivity contribution is 5.97. The van der Waals surface area contributed by atoms with Gasteiger partial charge in [0.05, 0.1) is 12.3 Å². The fourth-order valence-corrected chi connectivity index (χ4v) is 2.73. The Morgan fingerprint density at radius 3 is 2.62 bits per heavy atom. The topological polar surface area (TPSA) is 83.2 Å². The number of aromatic nitrogens is 1. The minimum Gasteiger partial charge on any atom is -0.464 e. The van der Waals surface area contributed by atoms with Gasteiger partial charge in [0.25, 0.3) is 0 Å². The van der Waals surface area contributed by atoms with Crippen LogP contribution in [0.2, 0.25) is 0 Å². The number of ether oxygens (including phenoxy) is 1. The lowest BCUT2D eigenvalue weighted by Gasteiger charge is -2.15. The van der Waals surface area contributed by atoms with Crippen molar-refractivity contribution in [3.05, 3.63) is 54.6 Å². The van der Waals surface area contributed by atoms with E-state index in [0.29, 0.717) is 5.69 Å². The second-order valence-electron chi connectivity index (χ2n) is 5.89. The van der Waals surface area contributed by atoms with Gasteiger partial charge in [0.15, 0.2) is 0 Å². The number of esters is 1. The summed E-state index contributed by atoms with van der Waals surface area (Å²) in [5.41, 5.74) is 3.44. The number of anilines is 1. The minimum atomic E-state index is -0.727. The number of carbonyl (C=O) groups is 2. The minimum absolute atomic E-state index is 0.274. The maximum absolute atomic E-state index is 12.2. The van der Waals surface area contributed by atoms with Crippen molar-refractivity contribution in [2.75, 3.05) is 11.9 Å². The zero-order valence-corrected chi connectivity index (χ0v) is 14.7. The van der Waals surface area contributed by atoms with Crippen molar-refractivity contribution < 1.29 is 14.3 Å². The molecule has 0 saturated heterocycles. The molecule has 26 heavy (non-hydrogen) atoms. The Morgan fingerprint density at radius 1 is 1.12 bits per heavy atom. The van der Waals surface area contributed by atoms with E-state index in [0.717, 1.165) is 22.2 Å². The molecule has 1 aromatic heterocycles. The molecule has 0 aliphatic rings. The second-order valence-corrected chi connectivity index (χ2v) is 5.89. The molecule has 3 N–H and O–H groups in total. The SMILES string of the molecule is CCOC(=O)[C@@H](C)NC(=O)Nc1ccccc1-c1cc2ccccc2[nH]1. The van der Waals surface area contributed by atoms with Gasteiger partial charge in [-0.25, -0.2) is 9.59 Å². The van der Waals surface area contributed by atoms with Crippen LogP contribution in [0.4, 0.5) is 10.5 Å². The second kappa shape index (κ2) is 7.74. The molecule has 6 heteroatoms. The molecule has 3 rings (SSSR count). The summed E-state index contributed by atoms with van der Waals surface area (Å²) in [5.74, 6) is -0.466. The molecule has 0 spiro atoms. The van der Waals surface area contributed by atoms with E-state index in [2.05, 4.69) is 15.6 Å². The Morgan fingerprint density at radius 2 is 1.85 bits per heavy atom. The van der Waals surface area contributed by atoms with E-state index in [1.807, 2.05) is 54.6 Å². The molecule has 0 fully saturated rings. The first-order valence-corrected chi connectivity index (χ1v) is 8.49. The average Bonchev–Trinajstić information content (AvgIpc) is 3.06. The van der Waals surface area contributed by atoms with Crippen LogP contribution in [0.3, 0.4) is 0 Å². The van der Waals surface area contributed by atoms with Crippen LogP contribution < -0.4 is 10.6 Å². The van der Waals surface area contributed by atoms with Crippen molar-refractivity contribution in [1.82, 2.24) is 10.3 Å². The summed E-state index contributed by atoms with van der Waals surface area (Å²) < 4.78 is 4.90. The Kier molecular flexibility index (Phi) is 5.22. The molecule has 0 radical (unpaired) electrons. The van der Waals surface area contributed by atoms with Gasteiger partial charge in [-0.05, 0) is 32.0 Å². The molecule has 2 aromatic carbocycles. The third-order valence-corrected chi connectivity index (χ3v) is 3.98. The van der Waals surface area contributed by atoms with Gasteiger partial charge in [-0.3, -0.25) is 0 Å². The highest BCUT2D eigenvalue weighted by Crippen LogP contribution is 2.29. The van der Waals surface area contributed by atoms with E-state index in [1.54, 1.807) is 13.8 Å². The number of carbonyl (C=O) groups excluding carboxylic acids is 2. The van der Waals surface area contributed by atoms with Crippen LogP contribution in [0, 0.1) is 0 Å². The maximum Gasteiger partial charge on any atom is 0.328 e. The largest absolute Gasteiger partial charge is 0.464 e. The number of fused-ring (bicyclic) bond motifs is 1. The fraction of sp³-hybridized carbons (Fsp3) is 0.200. The number of benzene rings is 2. The van der Waals surface area contributed by atoms with Crippen molar-refractivity contribution in [3.8, 4) is 11.3 Å². The zero-order chi connectivity index (χ0) is 18.5. The van der Waals surface area contributed by atoms with Gasteiger partial charge in [-0.2, -0.15) is 0 Å². The van der Waals surface area contributed by atoms with Crippen LogP contribution >= 0.6 is 0 Å². The predicted molar refractivity (Wildman–Crippen MR) is 102 cm³/mol. The fourth-order valence-electron chi connectivity index (χ4n) is 2.73. The first kappa shape index (κ1) is 17.5. The molecule has 1 atom stereocenters. The van der Waals surface area contributed by atoms with Gasteiger partial charge in [0.1, 0.15) is 6.04 Å². The monoisotopic (exact) mass is 351 g/mol. The third kappa shape index (κ3) is 3.85. The van der Waals surface area contributed by atoms with E-state index in [-0.39, 0.29) is 6.61 Å². The van der Waals surface area contributed by atoms with Crippen molar-refractivity contribution >= 4 is 28.6 Å². The summed E-state index contributed by atoms with van der Waals surface area (Å²) in [5, 5.41) is 6.48. The zero-order valence-electron chi connectivity index (χ0n) is 14.7. The highest BCUT2D eigenvalue weighted by Gasteiger charge is 2.17. The third-order valence-electron chi connectivity index (χ3n) is 3.98. The van der Waals surface area contributed by atoms with Gasteiger partial charge in [-0.1, -0.05) is 36.4 Å². The number of hydrogen-bond acceptors (Lipinski definition) is 3. The van der Waals surface area contributed by atoms with Gasteiger partial charge in [0.2, 0.25) is 0 Å². The average molecular weight is 351 g/mol. The molecule has 1 heterocycles. The number of amides is 2. The first-order chi connectivity index (χ1) is 12.6. The van der Waals surface area contributed by atoms with Crippen molar-refractivity contribution in [3.63, 3.8) is 0 Å². The van der Waals surface area contributed by atoms with Gasteiger partial charge in [0, 0.05) is 22.2 Å². The molecule has 2 amide bonds. The molecule has 0 bridgehead atoms. The molecule has 3 aromatic rings. The quantitative estimate of drug-likeness (QED) is 0.610. The van der Waals surface area contributed by atoms with Crippen molar-refractivity contribution in [1.29, 1.82) is 0 Å². The first-order valence-electron chi connectivity index (χ1n) is 8.49. The van der Waals surface area contributed by atoms with E-state index >= 15 is 0 Å². The maximum atomic E-state index is 12.2. The van der Waals surface area contributed by atoms with E-state index < -0.39 is 18.0 Å². The van der Waals surface area contributed by atoms with Crippen LogP contribution in [0.1, 0.15) is 13.8 Å². The van der Waals surface area contributed by atoms with Crippen LogP contribution in [0.5, 0.6) is 0 Å². The predicted octanol–water partition coefficient (Wildman–Crippen LogP) is 3.91. The Hall–Kier alpha value is -3.28. The molecule has 0 aliphatic heterocycles. The Bertz CT molecular complexity index is 900. The number of H-pyrrole nitrogens is 1. The van der Waals surface area contributed by atoms with E-state index in [4.69, 9.17) is 4.74 Å². The van der Waals surface area contributed by atoms with Crippen molar-refractivity contribution in [2.45, 2.75) is 19.9 Å². The standard InChI is InChI=1S/C20H21N3O3/c1-3-26-19(24)13(2)21-20(25)23-17-11-7-5-9-15(17)18-12-14-8-4-6-10-16(14)22-18/h4-13,22H,3H2,1-2H3,(H2,21,23,25)/t13-/m1/s1. The summed E-state index contributed by atoms with van der Waals surface area (Å²) in [6, 6.07) is 16.3. The van der Waals surface area contributed by atoms with Crippen LogP contribution in [0.15, 0.2) is 54.6 Å². The molecular formula is C20H21N3O3. The smallest absolute Gasteiger partial charge is 0.328 e. The highest BCUT2D eigenvalue weighted by atomic mass is 16.5. The number of nitrogens with one attached hydrogen (secondary N) is 3. The van der Waals surface area contributed by atoms with Crippen LogP contribution in [0.25, 0.3) is 22.2 Å². The summed E-state index contributed by atoms with van der Waals surface area (Å²) in [6.07, 6.45) is 0. The summed E-state index contributed by atoms with van der Waals surface area (Å²) in [7, 11) is 0. The lowest BCUT2D eigenvalue weighted by Crippen LogP contribution is -2.41. The summed E-state index contributed by atoms with van der Waals surface area (Å²) in [4.78, 5) is 27.3. The molecular weight excluding hydrogens is 330 g/mol. The van der Waals surface area contributed by atoms with Gasteiger partial charge in [-0.15, -0.1) is 0 Å². The molecule has 0 aliphatic carbocycles. The van der Waals surface area contributed by atoms with Gasteiger partial charge < -0.3 is 20.4 Å². The normalized spacial score (nSPS) is 11.8. The van der Waals surface area contributed by atoms with Crippen molar-refractivity contribution in [2.24, 2.45) is 0 Å². The molecule has 134 valence electrons. The number of aromatic amines is 1. The number of para-hydroxylation sites is 2.